The van der Waals surface area contributed by atoms with Crippen molar-refractivity contribution >= 4 is 5.97 Å². The number of aliphatic carboxylic acids is 1. The average molecular weight is 433 g/mol. The minimum Gasteiger partial charge on any atom is -0.480 e. The van der Waals surface area contributed by atoms with E-state index in [-0.39, 0.29) is 6.61 Å². The van der Waals surface area contributed by atoms with E-state index in [1.807, 2.05) is 6.07 Å². The smallest absolute Gasteiger partial charge is 0.329 e. The Bertz CT molecular complexity index is 1030. The van der Waals surface area contributed by atoms with Gasteiger partial charge in [0.25, 0.3) is 0 Å². The molecule has 4 rings (SSSR count). The van der Waals surface area contributed by atoms with E-state index in [4.69, 9.17) is 14.9 Å². The lowest BCUT2D eigenvalue weighted by molar-refractivity contribution is -0.142. The van der Waals surface area contributed by atoms with Crippen molar-refractivity contribution in [2.24, 2.45) is 11.8 Å². The molecule has 168 valence electrons. The van der Waals surface area contributed by atoms with Crippen LogP contribution in [0.25, 0.3) is 22.4 Å². The third-order valence-electron chi connectivity index (χ3n) is 6.57. The molecule has 1 heterocycles. The van der Waals surface area contributed by atoms with Crippen molar-refractivity contribution in [1.82, 2.24) is 9.78 Å². The summed E-state index contributed by atoms with van der Waals surface area (Å²) in [5.41, 5.74) is 7.06. The molecule has 1 aliphatic carbocycles. The van der Waals surface area contributed by atoms with Crippen molar-refractivity contribution in [3.05, 3.63) is 65.9 Å². The highest BCUT2D eigenvalue weighted by molar-refractivity contribution is 5.82. The Morgan fingerprint density at radius 2 is 1.62 bits per heavy atom. The summed E-state index contributed by atoms with van der Waals surface area (Å²) in [5.74, 6) is 0.151. The first-order valence-electron chi connectivity index (χ1n) is 11.5. The van der Waals surface area contributed by atoms with E-state index in [2.05, 4.69) is 67.1 Å². The maximum Gasteiger partial charge on any atom is 0.329 e. The van der Waals surface area contributed by atoms with Crippen LogP contribution in [0.1, 0.15) is 36.9 Å². The lowest BCUT2D eigenvalue weighted by atomic mass is 9.82. The second-order valence-corrected chi connectivity index (χ2v) is 9.02. The molecule has 1 fully saturated rings. The molecule has 5 nitrogen and oxygen atoms in total. The third-order valence-corrected chi connectivity index (χ3v) is 6.57. The minimum atomic E-state index is -0.897. The standard InChI is InChI=1S/C27H32N2O3/c1-19-8-14-24(15-9-19)27-26(23-6-4-3-5-7-23)20(2)29(28-27)16-21-10-12-22(13-11-21)17-32-18-25(30)31/h3-9,14-15,21-22H,10-13,16-18H2,1-2H3,(H,30,31)/t21-,22-. The Morgan fingerprint density at radius 3 is 2.28 bits per heavy atom. The van der Waals surface area contributed by atoms with Crippen LogP contribution in [-0.2, 0) is 16.1 Å². The summed E-state index contributed by atoms with van der Waals surface area (Å²) in [6, 6.07) is 19.2. The number of aryl methyl sites for hydroxylation is 1. The van der Waals surface area contributed by atoms with Crippen LogP contribution < -0.4 is 0 Å². The largest absolute Gasteiger partial charge is 0.480 e. The number of nitrogens with zero attached hydrogens (tertiary/aromatic N) is 2. The summed E-state index contributed by atoms with van der Waals surface area (Å²) in [5, 5.41) is 13.8. The fraction of sp³-hybridized carbons (Fsp3) is 0.407. The van der Waals surface area contributed by atoms with Crippen LogP contribution in [0.3, 0.4) is 0 Å². The Labute approximate surface area is 190 Å². The van der Waals surface area contributed by atoms with Gasteiger partial charge < -0.3 is 9.84 Å². The van der Waals surface area contributed by atoms with Gasteiger partial charge in [0.15, 0.2) is 0 Å². The van der Waals surface area contributed by atoms with Crippen molar-refractivity contribution in [2.45, 2.75) is 46.1 Å². The predicted molar refractivity (Wildman–Crippen MR) is 126 cm³/mol. The van der Waals surface area contributed by atoms with E-state index in [0.29, 0.717) is 18.4 Å². The predicted octanol–water partition coefficient (Wildman–Crippen LogP) is 5.74. The molecule has 5 heteroatoms. The molecule has 2 aromatic carbocycles. The molecule has 0 radical (unpaired) electrons. The molecule has 0 unspecified atom stereocenters. The molecule has 1 N–H and O–H groups in total. The van der Waals surface area contributed by atoms with Gasteiger partial charge in [0, 0.05) is 23.4 Å². The van der Waals surface area contributed by atoms with Crippen molar-refractivity contribution in [2.75, 3.05) is 13.2 Å². The molecule has 3 aromatic rings. The number of benzene rings is 2. The van der Waals surface area contributed by atoms with Crippen LogP contribution in [0.5, 0.6) is 0 Å². The lowest BCUT2D eigenvalue weighted by Crippen LogP contribution is -2.23. The molecule has 32 heavy (non-hydrogen) atoms. The van der Waals surface area contributed by atoms with E-state index >= 15 is 0 Å². The first-order valence-corrected chi connectivity index (χ1v) is 11.5. The van der Waals surface area contributed by atoms with Crippen LogP contribution in [-0.4, -0.2) is 34.1 Å². The fourth-order valence-electron chi connectivity index (χ4n) is 4.73. The van der Waals surface area contributed by atoms with Crippen molar-refractivity contribution in [3.8, 4) is 22.4 Å². The van der Waals surface area contributed by atoms with Crippen LogP contribution in [0.15, 0.2) is 54.6 Å². The number of carboxylic acids is 1. The minimum absolute atomic E-state index is 0.198. The highest BCUT2D eigenvalue weighted by Gasteiger charge is 2.24. The van der Waals surface area contributed by atoms with Crippen LogP contribution in [0.2, 0.25) is 0 Å². The Balaban J connectivity index is 1.51. The molecule has 1 aromatic heterocycles. The SMILES string of the molecule is Cc1ccc(-c2nn(C[C@H]3CC[C@H](COCC(=O)O)CC3)c(C)c2-c2ccccc2)cc1. The maximum absolute atomic E-state index is 10.6. The number of rotatable bonds is 8. The Hall–Kier alpha value is -2.92. The van der Waals surface area contributed by atoms with Crippen molar-refractivity contribution in [1.29, 1.82) is 0 Å². The van der Waals surface area contributed by atoms with Gasteiger partial charge in [-0.1, -0.05) is 60.2 Å². The molecule has 0 saturated heterocycles. The number of carboxylic acid groups (broad SMARTS) is 1. The monoisotopic (exact) mass is 432 g/mol. The van der Waals surface area contributed by atoms with Gasteiger partial charge in [-0.2, -0.15) is 5.10 Å². The summed E-state index contributed by atoms with van der Waals surface area (Å²) in [6.07, 6.45) is 4.42. The number of aromatic nitrogens is 2. The molecular formula is C27H32N2O3. The zero-order chi connectivity index (χ0) is 22.5. The molecule has 0 spiro atoms. The van der Waals surface area contributed by atoms with Crippen LogP contribution >= 0.6 is 0 Å². The number of carbonyl (C=O) groups is 1. The average Bonchev–Trinajstić information content (AvgIpc) is 3.11. The number of hydrogen-bond donors (Lipinski definition) is 1. The number of hydrogen-bond acceptors (Lipinski definition) is 3. The summed E-state index contributed by atoms with van der Waals surface area (Å²) in [7, 11) is 0. The quantitative estimate of drug-likeness (QED) is 0.493. The molecule has 1 aliphatic rings. The molecule has 0 amide bonds. The molecule has 0 aliphatic heterocycles. The van der Waals surface area contributed by atoms with Gasteiger partial charge in [0.1, 0.15) is 12.3 Å². The Morgan fingerprint density at radius 1 is 0.969 bits per heavy atom. The summed E-state index contributed by atoms with van der Waals surface area (Å²) in [4.78, 5) is 10.6. The molecule has 1 saturated carbocycles. The third kappa shape index (κ3) is 5.28. The van der Waals surface area contributed by atoms with Gasteiger partial charge >= 0.3 is 5.97 Å². The zero-order valence-corrected chi connectivity index (χ0v) is 19.0. The zero-order valence-electron chi connectivity index (χ0n) is 19.0. The summed E-state index contributed by atoms with van der Waals surface area (Å²) >= 11 is 0. The maximum atomic E-state index is 10.6. The van der Waals surface area contributed by atoms with E-state index in [1.165, 1.54) is 22.4 Å². The van der Waals surface area contributed by atoms with Gasteiger partial charge in [-0.05, 0) is 56.9 Å². The summed E-state index contributed by atoms with van der Waals surface area (Å²) in [6.45, 7) is 5.55. The Kier molecular flexibility index (Phi) is 7.05. The van der Waals surface area contributed by atoms with Gasteiger partial charge in [-0.3, -0.25) is 4.68 Å². The highest BCUT2D eigenvalue weighted by atomic mass is 16.5. The topological polar surface area (TPSA) is 64.4 Å². The first kappa shape index (κ1) is 22.3. The lowest BCUT2D eigenvalue weighted by Gasteiger charge is -2.28. The molecular weight excluding hydrogens is 400 g/mol. The van der Waals surface area contributed by atoms with Crippen molar-refractivity contribution < 1.29 is 14.6 Å². The van der Waals surface area contributed by atoms with Gasteiger partial charge in [-0.25, -0.2) is 4.79 Å². The van der Waals surface area contributed by atoms with Gasteiger partial charge in [-0.15, -0.1) is 0 Å². The van der Waals surface area contributed by atoms with Crippen molar-refractivity contribution in [3.63, 3.8) is 0 Å². The normalized spacial score (nSPS) is 18.6. The second kappa shape index (κ2) is 10.1. The van der Waals surface area contributed by atoms with E-state index in [0.717, 1.165) is 43.5 Å². The molecule has 0 bridgehead atoms. The second-order valence-electron chi connectivity index (χ2n) is 9.02. The first-order chi connectivity index (χ1) is 15.5. The fourth-order valence-corrected chi connectivity index (χ4v) is 4.73. The molecule has 0 atom stereocenters. The highest BCUT2D eigenvalue weighted by Crippen LogP contribution is 2.36. The van der Waals surface area contributed by atoms with Gasteiger partial charge in [0.2, 0.25) is 0 Å². The number of ether oxygens (including phenoxy) is 1. The van der Waals surface area contributed by atoms with E-state index < -0.39 is 5.97 Å². The summed E-state index contributed by atoms with van der Waals surface area (Å²) < 4.78 is 7.51. The van der Waals surface area contributed by atoms with Gasteiger partial charge in [0.05, 0.1) is 6.61 Å². The van der Waals surface area contributed by atoms with Crippen LogP contribution in [0.4, 0.5) is 0 Å². The van der Waals surface area contributed by atoms with Crippen LogP contribution in [0, 0.1) is 25.7 Å². The van der Waals surface area contributed by atoms with E-state index in [9.17, 15) is 4.79 Å². The van der Waals surface area contributed by atoms with E-state index in [1.54, 1.807) is 0 Å².